The molecule has 1 heterocycles. The van der Waals surface area contributed by atoms with E-state index in [1.807, 2.05) is 31.5 Å². The molecule has 0 radical (unpaired) electrons. The van der Waals surface area contributed by atoms with Crippen LogP contribution in [0.3, 0.4) is 0 Å². The third kappa shape index (κ3) is 11.0. The van der Waals surface area contributed by atoms with E-state index in [0.717, 1.165) is 69.6 Å². The number of hydrogen-bond acceptors (Lipinski definition) is 5. The molecule has 7 nitrogen and oxygen atoms in total. The number of allylic oxidation sites excluding steroid dienone is 3. The molecule has 0 aromatic heterocycles. The maximum absolute atomic E-state index is 9.53. The monoisotopic (exact) mass is 551 g/mol. The first-order valence-electron chi connectivity index (χ1n) is 15.0. The first-order chi connectivity index (χ1) is 19.2. The number of aliphatic hydroxyl groups excluding tert-OH is 1. The summed E-state index contributed by atoms with van der Waals surface area (Å²) in [6.07, 6.45) is 17.9. The lowest BCUT2D eigenvalue weighted by atomic mass is 9.85. The minimum Gasteiger partial charge on any atom is -0.508 e. The SMILES string of the molecule is C/C=C/C=C\C(C)(CC)C(N=C1CC(C)(C)N=CN1C(CC)CCCCCO)=NCNCCc1ccc(O)cc1. The molecule has 0 spiro atoms. The van der Waals surface area contributed by atoms with Gasteiger partial charge in [-0.25, -0.2) is 4.99 Å². The Balaban J connectivity index is 2.35. The van der Waals surface area contributed by atoms with Gasteiger partial charge in [-0.3, -0.25) is 15.3 Å². The number of nitrogens with one attached hydrogen (secondary N) is 1. The number of aliphatic imine (C=N–C) groups is 3. The van der Waals surface area contributed by atoms with Gasteiger partial charge in [0.25, 0.3) is 0 Å². The Morgan fingerprint density at radius 3 is 2.58 bits per heavy atom. The summed E-state index contributed by atoms with van der Waals surface area (Å²) in [6.45, 7) is 14.5. The molecule has 2 rings (SSSR count). The number of nitrogens with zero attached hydrogens (tertiary/aromatic N) is 4. The Morgan fingerprint density at radius 1 is 1.18 bits per heavy atom. The zero-order valence-electron chi connectivity index (χ0n) is 25.7. The third-order valence-electron chi connectivity index (χ3n) is 7.60. The predicted octanol–water partition coefficient (Wildman–Crippen LogP) is 6.67. The first kappa shape index (κ1) is 33.4. The van der Waals surface area contributed by atoms with E-state index in [0.29, 0.717) is 12.7 Å². The molecule has 0 saturated heterocycles. The van der Waals surface area contributed by atoms with Crippen LogP contribution in [-0.2, 0) is 6.42 Å². The average Bonchev–Trinajstić information content (AvgIpc) is 2.93. The molecule has 1 aromatic carbocycles. The molecule has 2 unspecified atom stereocenters. The van der Waals surface area contributed by atoms with Gasteiger partial charge < -0.3 is 15.1 Å². The summed E-state index contributed by atoms with van der Waals surface area (Å²) in [5.41, 5.74) is 0.631. The number of rotatable bonds is 16. The van der Waals surface area contributed by atoms with Gasteiger partial charge in [-0.2, -0.15) is 0 Å². The Kier molecular flexibility index (Phi) is 14.3. The van der Waals surface area contributed by atoms with Gasteiger partial charge in [-0.1, -0.05) is 63.1 Å². The molecular weight excluding hydrogens is 498 g/mol. The van der Waals surface area contributed by atoms with Gasteiger partial charge in [0.2, 0.25) is 0 Å². The number of aromatic hydroxyl groups is 1. The van der Waals surface area contributed by atoms with Crippen molar-refractivity contribution in [2.45, 2.75) is 104 Å². The van der Waals surface area contributed by atoms with Crippen molar-refractivity contribution in [1.29, 1.82) is 0 Å². The molecule has 40 heavy (non-hydrogen) atoms. The van der Waals surface area contributed by atoms with Crippen molar-refractivity contribution in [1.82, 2.24) is 10.2 Å². The number of aliphatic hydroxyl groups is 1. The van der Waals surface area contributed by atoms with Crippen LogP contribution in [0.25, 0.3) is 0 Å². The molecule has 0 fully saturated rings. The molecule has 3 N–H and O–H groups in total. The molecule has 0 saturated carbocycles. The molecule has 0 bridgehead atoms. The number of phenolic OH excluding ortho intramolecular Hbond substituents is 1. The molecule has 0 aliphatic carbocycles. The third-order valence-corrected chi connectivity index (χ3v) is 7.60. The van der Waals surface area contributed by atoms with Crippen LogP contribution < -0.4 is 5.32 Å². The minimum atomic E-state index is -0.321. The lowest BCUT2D eigenvalue weighted by Crippen LogP contribution is -2.47. The Hall–Kier alpha value is -2.77. The van der Waals surface area contributed by atoms with Crippen molar-refractivity contribution < 1.29 is 10.2 Å². The van der Waals surface area contributed by atoms with Gasteiger partial charge in [0.1, 0.15) is 17.4 Å². The van der Waals surface area contributed by atoms with E-state index in [9.17, 15) is 10.2 Å². The standard InChI is InChI=1S/C33H53N5O2/c1-7-10-13-21-33(6,9-3)31(35-25-34-22-20-27-16-18-29(40)19-17-27)37-30-24-32(4,5)36-26-38(30)28(8-2)15-12-11-14-23-39/h7,10,13,16-19,21,26,28,34,39-40H,8-9,11-12,14-15,20,22-25H2,1-6H3/b10-7+,21-13-,35-31?,37-30?. The number of phenols is 1. The fraction of sp³-hybridized carbons (Fsp3) is 0.606. The summed E-state index contributed by atoms with van der Waals surface area (Å²) in [5, 5.41) is 22.2. The van der Waals surface area contributed by atoms with Gasteiger partial charge in [0.05, 0.1) is 18.5 Å². The van der Waals surface area contributed by atoms with E-state index >= 15 is 0 Å². The highest BCUT2D eigenvalue weighted by molar-refractivity contribution is 6.05. The molecule has 1 aliphatic heterocycles. The highest BCUT2D eigenvalue weighted by Gasteiger charge is 2.33. The summed E-state index contributed by atoms with van der Waals surface area (Å²) in [6, 6.07) is 7.66. The molecule has 222 valence electrons. The van der Waals surface area contributed by atoms with E-state index in [2.05, 4.69) is 63.1 Å². The zero-order valence-corrected chi connectivity index (χ0v) is 25.7. The zero-order chi connectivity index (χ0) is 29.4. The fourth-order valence-electron chi connectivity index (χ4n) is 4.72. The van der Waals surface area contributed by atoms with Crippen LogP contribution >= 0.6 is 0 Å². The minimum absolute atomic E-state index is 0.221. The summed E-state index contributed by atoms with van der Waals surface area (Å²) >= 11 is 0. The van der Waals surface area contributed by atoms with Crippen LogP contribution in [0, 0.1) is 5.41 Å². The van der Waals surface area contributed by atoms with Crippen LogP contribution in [-0.4, -0.2) is 64.5 Å². The van der Waals surface area contributed by atoms with Crippen molar-refractivity contribution in [3.05, 3.63) is 54.1 Å². The van der Waals surface area contributed by atoms with Gasteiger partial charge >= 0.3 is 0 Å². The van der Waals surface area contributed by atoms with Gasteiger partial charge in [-0.05, 0) is 77.5 Å². The maximum atomic E-state index is 9.53. The summed E-state index contributed by atoms with van der Waals surface area (Å²) in [5.74, 6) is 2.14. The van der Waals surface area contributed by atoms with Gasteiger partial charge in [0.15, 0.2) is 0 Å². The quantitative estimate of drug-likeness (QED) is 0.0926. The summed E-state index contributed by atoms with van der Waals surface area (Å²) in [7, 11) is 0. The van der Waals surface area contributed by atoms with Gasteiger partial charge in [-0.15, -0.1) is 0 Å². The second-order valence-electron chi connectivity index (χ2n) is 11.5. The molecule has 1 aromatic rings. The normalized spacial score (nSPS) is 19.1. The second kappa shape index (κ2) is 17.1. The van der Waals surface area contributed by atoms with E-state index in [1.165, 1.54) is 5.56 Å². The molecule has 0 amide bonds. The largest absolute Gasteiger partial charge is 0.508 e. The topological polar surface area (TPSA) is 92.8 Å². The van der Waals surface area contributed by atoms with Crippen LogP contribution in [0.2, 0.25) is 0 Å². The van der Waals surface area contributed by atoms with Crippen LogP contribution in [0.5, 0.6) is 5.75 Å². The maximum Gasteiger partial charge on any atom is 0.136 e. The fourth-order valence-corrected chi connectivity index (χ4v) is 4.72. The van der Waals surface area contributed by atoms with Crippen molar-refractivity contribution in [3.63, 3.8) is 0 Å². The lowest BCUT2D eigenvalue weighted by molar-refractivity contribution is 0.278. The Morgan fingerprint density at radius 2 is 1.93 bits per heavy atom. The number of unbranched alkanes of at least 4 members (excludes halogenated alkanes) is 2. The lowest BCUT2D eigenvalue weighted by Gasteiger charge is -2.38. The first-order valence-corrected chi connectivity index (χ1v) is 15.0. The highest BCUT2D eigenvalue weighted by Crippen LogP contribution is 2.30. The van der Waals surface area contributed by atoms with Crippen molar-refractivity contribution in [3.8, 4) is 5.75 Å². The van der Waals surface area contributed by atoms with E-state index < -0.39 is 0 Å². The smallest absolute Gasteiger partial charge is 0.136 e. The summed E-state index contributed by atoms with van der Waals surface area (Å²) in [4.78, 5) is 17.5. The van der Waals surface area contributed by atoms with E-state index in [4.69, 9.17) is 15.0 Å². The average molecular weight is 552 g/mol. The van der Waals surface area contributed by atoms with E-state index in [-0.39, 0.29) is 23.3 Å². The van der Waals surface area contributed by atoms with Crippen molar-refractivity contribution in [2.24, 2.45) is 20.4 Å². The number of amidine groups is 2. The Labute approximate surface area is 242 Å². The Bertz CT molecular complexity index is 1030. The van der Waals surface area contributed by atoms with Crippen LogP contribution in [0.1, 0.15) is 92.1 Å². The molecular formula is C33H53N5O2. The van der Waals surface area contributed by atoms with Crippen LogP contribution in [0.15, 0.2) is 63.5 Å². The van der Waals surface area contributed by atoms with Crippen molar-refractivity contribution in [2.75, 3.05) is 19.8 Å². The molecule has 1 aliphatic rings. The summed E-state index contributed by atoms with van der Waals surface area (Å²) < 4.78 is 0. The molecule has 7 heteroatoms. The van der Waals surface area contributed by atoms with Crippen LogP contribution in [0.4, 0.5) is 0 Å². The van der Waals surface area contributed by atoms with Crippen molar-refractivity contribution >= 4 is 18.0 Å². The second-order valence-corrected chi connectivity index (χ2v) is 11.5. The number of hydrogen-bond donors (Lipinski definition) is 3. The predicted molar refractivity (Wildman–Crippen MR) is 171 cm³/mol. The highest BCUT2D eigenvalue weighted by atomic mass is 16.3. The number of benzene rings is 1. The molecule has 2 atom stereocenters. The van der Waals surface area contributed by atoms with E-state index in [1.54, 1.807) is 12.1 Å². The van der Waals surface area contributed by atoms with Gasteiger partial charge in [0, 0.05) is 31.0 Å².